The van der Waals surface area contributed by atoms with Crippen molar-refractivity contribution in [1.82, 2.24) is 0 Å². The number of rotatable bonds is 5. The van der Waals surface area contributed by atoms with Crippen molar-refractivity contribution < 1.29 is 13.2 Å². The van der Waals surface area contributed by atoms with Crippen LogP contribution in [0.2, 0.25) is 0 Å². The van der Waals surface area contributed by atoms with Gasteiger partial charge in [-0.3, -0.25) is 4.72 Å². The van der Waals surface area contributed by atoms with Crippen molar-refractivity contribution in [2.24, 2.45) is 0 Å². The van der Waals surface area contributed by atoms with Gasteiger partial charge in [0, 0.05) is 11.0 Å². The van der Waals surface area contributed by atoms with Crippen molar-refractivity contribution >= 4 is 27.5 Å². The average Bonchev–Trinajstić information content (AvgIpc) is 3.00. The summed E-state index contributed by atoms with van der Waals surface area (Å²) in [6.45, 7) is 0. The van der Waals surface area contributed by atoms with E-state index in [4.69, 9.17) is 4.74 Å². The van der Waals surface area contributed by atoms with Gasteiger partial charge in [-0.15, -0.1) is 11.8 Å². The van der Waals surface area contributed by atoms with Crippen molar-refractivity contribution in [1.29, 1.82) is 0 Å². The number of anilines is 1. The first kappa shape index (κ1) is 12.6. The lowest BCUT2D eigenvalue weighted by atomic mass is 10.3. The Morgan fingerprint density at radius 3 is 2.65 bits per heavy atom. The number of thioether (sulfide) groups is 1. The molecule has 1 aliphatic carbocycles. The van der Waals surface area contributed by atoms with E-state index in [0.717, 1.165) is 29.7 Å². The number of ether oxygens (including phenoxy) is 1. The van der Waals surface area contributed by atoms with Crippen LogP contribution in [0.15, 0.2) is 23.1 Å². The van der Waals surface area contributed by atoms with E-state index in [-0.39, 0.29) is 0 Å². The third-order valence-electron chi connectivity index (χ3n) is 2.29. The molecule has 1 aliphatic rings. The van der Waals surface area contributed by atoms with Crippen LogP contribution in [0.25, 0.3) is 0 Å². The summed E-state index contributed by atoms with van der Waals surface area (Å²) in [5.41, 5.74) is 0.582. The SMILES string of the molecule is CSc1ccc(OC2CC2)cc1NS(C)(=O)=O. The quantitative estimate of drug-likeness (QED) is 0.837. The maximum atomic E-state index is 11.3. The number of nitrogens with one attached hydrogen (secondary N) is 1. The van der Waals surface area contributed by atoms with Crippen LogP contribution < -0.4 is 9.46 Å². The maximum absolute atomic E-state index is 11.3. The van der Waals surface area contributed by atoms with Crippen LogP contribution in [0.1, 0.15) is 12.8 Å². The van der Waals surface area contributed by atoms with Crippen LogP contribution in [0, 0.1) is 0 Å². The van der Waals surface area contributed by atoms with E-state index in [2.05, 4.69) is 4.72 Å². The van der Waals surface area contributed by atoms with Crippen LogP contribution in [-0.2, 0) is 10.0 Å². The zero-order valence-electron chi connectivity index (χ0n) is 9.76. The van der Waals surface area contributed by atoms with Crippen LogP contribution in [0.5, 0.6) is 5.75 Å². The molecule has 1 aromatic carbocycles. The molecule has 1 N–H and O–H groups in total. The van der Waals surface area contributed by atoms with E-state index in [9.17, 15) is 8.42 Å². The highest BCUT2D eigenvalue weighted by Crippen LogP contribution is 2.33. The lowest BCUT2D eigenvalue weighted by Gasteiger charge is -2.11. The van der Waals surface area contributed by atoms with E-state index in [0.29, 0.717) is 11.8 Å². The van der Waals surface area contributed by atoms with E-state index >= 15 is 0 Å². The molecule has 0 amide bonds. The summed E-state index contributed by atoms with van der Waals surface area (Å²) < 4.78 is 30.6. The molecule has 0 bridgehead atoms. The number of hydrogen-bond donors (Lipinski definition) is 1. The fourth-order valence-electron chi connectivity index (χ4n) is 1.42. The van der Waals surface area contributed by atoms with Crippen molar-refractivity contribution in [2.75, 3.05) is 17.2 Å². The summed E-state index contributed by atoms with van der Waals surface area (Å²) >= 11 is 1.50. The topological polar surface area (TPSA) is 55.4 Å². The maximum Gasteiger partial charge on any atom is 0.229 e. The Morgan fingerprint density at radius 1 is 1.41 bits per heavy atom. The van der Waals surface area contributed by atoms with Gasteiger partial charge in [0.25, 0.3) is 0 Å². The van der Waals surface area contributed by atoms with Crippen molar-refractivity contribution in [3.8, 4) is 5.75 Å². The third kappa shape index (κ3) is 3.81. The molecule has 0 aromatic heterocycles. The van der Waals surface area contributed by atoms with Gasteiger partial charge in [0.1, 0.15) is 5.75 Å². The summed E-state index contributed by atoms with van der Waals surface area (Å²) in [7, 11) is -3.26. The first-order chi connectivity index (χ1) is 7.98. The number of sulfonamides is 1. The van der Waals surface area contributed by atoms with Gasteiger partial charge < -0.3 is 4.74 Å². The van der Waals surface area contributed by atoms with Crippen LogP contribution in [-0.4, -0.2) is 27.0 Å². The van der Waals surface area contributed by atoms with Crippen LogP contribution >= 0.6 is 11.8 Å². The van der Waals surface area contributed by atoms with Crippen LogP contribution in [0.4, 0.5) is 5.69 Å². The standard InChI is InChI=1S/C11H15NO3S2/c1-16-11-6-5-9(15-8-3-4-8)7-10(11)12-17(2,13)14/h5-8,12H,3-4H2,1-2H3. The Labute approximate surface area is 106 Å². The summed E-state index contributed by atoms with van der Waals surface area (Å²) in [5.74, 6) is 0.719. The molecule has 0 aliphatic heterocycles. The molecule has 0 spiro atoms. The lowest BCUT2D eigenvalue weighted by Crippen LogP contribution is -2.10. The Kier molecular flexibility index (Phi) is 3.53. The molecule has 4 nitrogen and oxygen atoms in total. The van der Waals surface area contributed by atoms with Gasteiger partial charge in [-0.05, 0) is 31.2 Å². The molecule has 0 atom stereocenters. The fraction of sp³-hybridized carbons (Fsp3) is 0.455. The lowest BCUT2D eigenvalue weighted by molar-refractivity contribution is 0.303. The predicted molar refractivity (Wildman–Crippen MR) is 70.3 cm³/mol. The van der Waals surface area contributed by atoms with Crippen molar-refractivity contribution in [2.45, 2.75) is 23.8 Å². The summed E-state index contributed by atoms with van der Waals surface area (Å²) in [6.07, 6.45) is 5.52. The van der Waals surface area contributed by atoms with E-state index < -0.39 is 10.0 Å². The highest BCUT2D eigenvalue weighted by Gasteiger charge is 2.23. The van der Waals surface area contributed by atoms with Gasteiger partial charge in [-0.1, -0.05) is 0 Å². The molecule has 0 radical (unpaired) electrons. The molecule has 1 fully saturated rings. The van der Waals surface area contributed by atoms with E-state index in [1.165, 1.54) is 11.8 Å². The molecule has 94 valence electrons. The molecule has 1 aromatic rings. The highest BCUT2D eigenvalue weighted by atomic mass is 32.2. The Bertz CT molecular complexity index is 509. The second kappa shape index (κ2) is 4.78. The molecule has 6 heteroatoms. The minimum Gasteiger partial charge on any atom is -0.490 e. The monoisotopic (exact) mass is 273 g/mol. The molecule has 0 unspecified atom stereocenters. The van der Waals surface area contributed by atoms with Crippen molar-refractivity contribution in [3.63, 3.8) is 0 Å². The fourth-order valence-corrected chi connectivity index (χ4v) is 2.59. The van der Waals surface area contributed by atoms with Crippen molar-refractivity contribution in [3.05, 3.63) is 18.2 Å². The molecule has 0 saturated heterocycles. The zero-order chi connectivity index (χ0) is 12.5. The Hall–Kier alpha value is -0.880. The second-order valence-corrected chi connectivity index (χ2v) is 6.65. The number of benzene rings is 1. The second-order valence-electron chi connectivity index (χ2n) is 4.05. The van der Waals surface area contributed by atoms with Crippen LogP contribution in [0.3, 0.4) is 0 Å². The minimum atomic E-state index is -3.26. The third-order valence-corrected chi connectivity index (χ3v) is 3.68. The normalized spacial score (nSPS) is 15.6. The van der Waals surface area contributed by atoms with E-state index in [1.807, 2.05) is 18.4 Å². The molecule has 1 saturated carbocycles. The van der Waals surface area contributed by atoms with Gasteiger partial charge in [0.05, 0.1) is 18.0 Å². The Balaban J connectivity index is 2.24. The van der Waals surface area contributed by atoms with Gasteiger partial charge >= 0.3 is 0 Å². The summed E-state index contributed by atoms with van der Waals surface area (Å²) in [4.78, 5) is 0.888. The van der Waals surface area contributed by atoms with Gasteiger partial charge in [-0.2, -0.15) is 0 Å². The van der Waals surface area contributed by atoms with Gasteiger partial charge in [0.2, 0.25) is 10.0 Å². The van der Waals surface area contributed by atoms with E-state index in [1.54, 1.807) is 6.07 Å². The molecule has 2 rings (SSSR count). The Morgan fingerprint density at radius 2 is 2.12 bits per heavy atom. The highest BCUT2D eigenvalue weighted by molar-refractivity contribution is 7.99. The van der Waals surface area contributed by atoms with Gasteiger partial charge in [0.15, 0.2) is 0 Å². The summed E-state index contributed by atoms with van der Waals surface area (Å²) in [5, 5.41) is 0. The smallest absolute Gasteiger partial charge is 0.229 e. The number of hydrogen-bond acceptors (Lipinski definition) is 4. The molecule has 0 heterocycles. The molecular formula is C11H15NO3S2. The average molecular weight is 273 g/mol. The minimum absolute atomic E-state index is 0.307. The predicted octanol–water partition coefficient (Wildman–Crippen LogP) is 2.32. The summed E-state index contributed by atoms with van der Waals surface area (Å²) in [6, 6.07) is 5.48. The molecule has 17 heavy (non-hydrogen) atoms. The van der Waals surface area contributed by atoms with Gasteiger partial charge in [-0.25, -0.2) is 8.42 Å². The zero-order valence-corrected chi connectivity index (χ0v) is 11.4. The molecular weight excluding hydrogens is 258 g/mol. The largest absolute Gasteiger partial charge is 0.490 e. The first-order valence-corrected chi connectivity index (χ1v) is 8.42. The first-order valence-electron chi connectivity index (χ1n) is 5.30.